The van der Waals surface area contributed by atoms with E-state index < -0.39 is 6.10 Å². The maximum Gasteiger partial charge on any atom is 0.306 e. The lowest BCUT2D eigenvalue weighted by Gasteiger charge is -2.18. The van der Waals surface area contributed by atoms with Gasteiger partial charge in [0.25, 0.3) is 0 Å². The Kier molecular flexibility index (Phi) is 34.6. The fourth-order valence-electron chi connectivity index (χ4n) is 6.48. The predicted octanol–water partition coefficient (Wildman–Crippen LogP) is 14.0. The number of rotatable bonds is 38. The third-order valence-corrected chi connectivity index (χ3v) is 9.77. The van der Waals surface area contributed by atoms with Crippen LogP contribution in [0.15, 0.2) is 42.5 Å². The summed E-state index contributed by atoms with van der Waals surface area (Å²) in [4.78, 5) is 25.2. The number of ether oxygens (including phenoxy) is 3. The number of hydrogen-bond acceptors (Lipinski definition) is 5. The maximum atomic E-state index is 12.7. The van der Waals surface area contributed by atoms with E-state index in [4.69, 9.17) is 14.2 Å². The zero-order valence-corrected chi connectivity index (χ0v) is 33.5. The Morgan fingerprint density at radius 1 is 0.510 bits per heavy atom. The third kappa shape index (κ3) is 33.4. The Labute approximate surface area is 315 Å². The van der Waals surface area contributed by atoms with E-state index in [0.29, 0.717) is 19.4 Å². The molecule has 0 amide bonds. The summed E-state index contributed by atoms with van der Waals surface area (Å²) in [5.74, 6) is -0.453. The molecule has 0 bridgehead atoms. The van der Waals surface area contributed by atoms with Crippen LogP contribution < -0.4 is 0 Å². The maximum absolute atomic E-state index is 12.7. The molecule has 0 N–H and O–H groups in total. The number of esters is 2. The number of carbonyl (C=O) groups is 2. The normalized spacial score (nSPS) is 12.0. The summed E-state index contributed by atoms with van der Waals surface area (Å²) in [6.07, 6.45) is 40.3. The number of carbonyl (C=O) groups excluding carboxylic acids is 2. The van der Waals surface area contributed by atoms with Crippen LogP contribution in [0, 0.1) is 0 Å². The molecule has 0 unspecified atom stereocenters. The van der Waals surface area contributed by atoms with E-state index in [1.165, 1.54) is 141 Å². The molecular weight excluding hydrogens is 633 g/mol. The molecule has 1 aromatic carbocycles. The first kappa shape index (κ1) is 46.9. The molecule has 0 aliphatic heterocycles. The largest absolute Gasteiger partial charge is 0.462 e. The Bertz CT molecular complexity index is 913. The quantitative estimate of drug-likeness (QED) is 0.0388. The smallest absolute Gasteiger partial charge is 0.306 e. The Morgan fingerprint density at radius 2 is 0.922 bits per heavy atom. The Balaban J connectivity index is 2.15. The first-order valence-electron chi connectivity index (χ1n) is 21.8. The highest BCUT2D eigenvalue weighted by atomic mass is 16.6. The van der Waals surface area contributed by atoms with E-state index in [1.54, 1.807) is 0 Å². The van der Waals surface area contributed by atoms with Crippen molar-refractivity contribution in [1.82, 2.24) is 0 Å². The minimum absolute atomic E-state index is 0.0449. The second-order valence-corrected chi connectivity index (χ2v) is 14.8. The molecule has 1 atom stereocenters. The predicted molar refractivity (Wildman–Crippen MR) is 216 cm³/mol. The molecule has 0 aliphatic rings. The van der Waals surface area contributed by atoms with Crippen LogP contribution >= 0.6 is 0 Å². The number of allylic oxidation sites excluding steroid dienone is 2. The molecule has 0 radical (unpaired) electrons. The lowest BCUT2D eigenvalue weighted by molar-refractivity contribution is -0.163. The third-order valence-electron chi connectivity index (χ3n) is 9.77. The SMILES string of the molecule is CCCCCCCC/C=C\CCCCCCCC(=O)OC[C@H](COCc1ccccc1)OC(=O)CCCCCCCCCCCCCCCCC. The van der Waals surface area contributed by atoms with Gasteiger partial charge in [0, 0.05) is 12.8 Å². The van der Waals surface area contributed by atoms with Crippen molar-refractivity contribution in [3.8, 4) is 0 Å². The monoisotopic (exact) mass is 713 g/mol. The Morgan fingerprint density at radius 3 is 1.39 bits per heavy atom. The van der Waals surface area contributed by atoms with Crippen molar-refractivity contribution < 1.29 is 23.8 Å². The van der Waals surface area contributed by atoms with Gasteiger partial charge in [-0.05, 0) is 44.1 Å². The van der Waals surface area contributed by atoms with Gasteiger partial charge in [-0.1, -0.05) is 198 Å². The molecule has 0 saturated carbocycles. The van der Waals surface area contributed by atoms with Crippen LogP contribution in [0.3, 0.4) is 0 Å². The van der Waals surface area contributed by atoms with Crippen LogP contribution in [0.2, 0.25) is 0 Å². The molecule has 1 rings (SSSR count). The summed E-state index contributed by atoms with van der Waals surface area (Å²) >= 11 is 0. The van der Waals surface area contributed by atoms with Crippen molar-refractivity contribution in [2.24, 2.45) is 0 Å². The second kappa shape index (κ2) is 37.6. The highest BCUT2D eigenvalue weighted by molar-refractivity contribution is 5.70. The van der Waals surface area contributed by atoms with Crippen LogP contribution in [0.25, 0.3) is 0 Å². The lowest BCUT2D eigenvalue weighted by atomic mass is 10.0. The standard InChI is InChI=1S/C46H80O5/c1-3-5-7-9-11-13-15-17-19-21-23-25-27-29-34-38-45(47)50-42-44(41-49-40-43-36-32-31-33-37-43)51-46(48)39-35-30-28-26-24-22-20-18-16-14-12-10-8-6-4-2/h17,19,31-33,36-37,44H,3-16,18,20-30,34-35,38-42H2,1-2H3/b19-17-/t44-/m0/s1. The summed E-state index contributed by atoms with van der Waals surface area (Å²) in [6.45, 7) is 5.22. The van der Waals surface area contributed by atoms with Crippen LogP contribution in [0.1, 0.15) is 212 Å². The van der Waals surface area contributed by atoms with Crippen molar-refractivity contribution >= 4 is 11.9 Å². The first-order chi connectivity index (χ1) is 25.2. The average Bonchev–Trinajstić information content (AvgIpc) is 3.14. The van der Waals surface area contributed by atoms with Gasteiger partial charge >= 0.3 is 11.9 Å². The van der Waals surface area contributed by atoms with Gasteiger partial charge in [-0.15, -0.1) is 0 Å². The molecule has 294 valence electrons. The number of benzene rings is 1. The molecule has 5 heteroatoms. The molecule has 0 fully saturated rings. The van der Waals surface area contributed by atoms with Gasteiger partial charge in [0.2, 0.25) is 0 Å². The van der Waals surface area contributed by atoms with Crippen molar-refractivity contribution in [2.45, 2.75) is 219 Å². The zero-order valence-electron chi connectivity index (χ0n) is 33.5. The highest BCUT2D eigenvalue weighted by Gasteiger charge is 2.18. The number of unbranched alkanes of at least 4 members (excludes halogenated alkanes) is 25. The van der Waals surface area contributed by atoms with E-state index in [2.05, 4.69) is 26.0 Å². The topological polar surface area (TPSA) is 61.8 Å². The van der Waals surface area contributed by atoms with E-state index in [0.717, 1.165) is 44.1 Å². The van der Waals surface area contributed by atoms with Gasteiger partial charge in [-0.2, -0.15) is 0 Å². The van der Waals surface area contributed by atoms with Gasteiger partial charge in [0.15, 0.2) is 6.10 Å². The van der Waals surface area contributed by atoms with Crippen LogP contribution in [0.4, 0.5) is 0 Å². The summed E-state index contributed by atoms with van der Waals surface area (Å²) in [5.41, 5.74) is 1.06. The van der Waals surface area contributed by atoms with E-state index in [1.807, 2.05) is 30.3 Å². The van der Waals surface area contributed by atoms with E-state index in [9.17, 15) is 9.59 Å². The van der Waals surface area contributed by atoms with Crippen molar-refractivity contribution in [1.29, 1.82) is 0 Å². The molecule has 51 heavy (non-hydrogen) atoms. The first-order valence-corrected chi connectivity index (χ1v) is 21.8. The fraction of sp³-hybridized carbons (Fsp3) is 0.783. The molecule has 1 aromatic rings. The van der Waals surface area contributed by atoms with Crippen LogP contribution in [-0.2, 0) is 30.4 Å². The van der Waals surface area contributed by atoms with Crippen LogP contribution in [-0.4, -0.2) is 31.3 Å². The van der Waals surface area contributed by atoms with Gasteiger partial charge < -0.3 is 14.2 Å². The molecule has 0 saturated heterocycles. The summed E-state index contributed by atoms with van der Waals surface area (Å²) in [7, 11) is 0. The van der Waals surface area contributed by atoms with Gasteiger partial charge in [0.05, 0.1) is 13.2 Å². The van der Waals surface area contributed by atoms with E-state index in [-0.39, 0.29) is 25.2 Å². The minimum atomic E-state index is -0.587. The number of hydrogen-bond donors (Lipinski definition) is 0. The molecule has 0 spiro atoms. The molecule has 5 nitrogen and oxygen atoms in total. The molecule has 0 aliphatic carbocycles. The van der Waals surface area contributed by atoms with Crippen molar-refractivity contribution in [3.05, 3.63) is 48.0 Å². The highest BCUT2D eigenvalue weighted by Crippen LogP contribution is 2.15. The van der Waals surface area contributed by atoms with Crippen LogP contribution in [0.5, 0.6) is 0 Å². The van der Waals surface area contributed by atoms with Gasteiger partial charge in [-0.3, -0.25) is 9.59 Å². The fourth-order valence-corrected chi connectivity index (χ4v) is 6.48. The minimum Gasteiger partial charge on any atom is -0.462 e. The molecular formula is C46H80O5. The molecule has 0 aromatic heterocycles. The second-order valence-electron chi connectivity index (χ2n) is 14.8. The summed E-state index contributed by atoms with van der Waals surface area (Å²) < 4.78 is 17.2. The average molecular weight is 713 g/mol. The molecule has 0 heterocycles. The Hall–Kier alpha value is -2.14. The zero-order chi connectivity index (χ0) is 36.7. The van der Waals surface area contributed by atoms with Crippen molar-refractivity contribution in [3.63, 3.8) is 0 Å². The summed E-state index contributed by atoms with van der Waals surface area (Å²) in [6, 6.07) is 9.94. The van der Waals surface area contributed by atoms with Crippen molar-refractivity contribution in [2.75, 3.05) is 13.2 Å². The summed E-state index contributed by atoms with van der Waals surface area (Å²) in [5, 5.41) is 0. The van der Waals surface area contributed by atoms with E-state index >= 15 is 0 Å². The van der Waals surface area contributed by atoms with Gasteiger partial charge in [0.1, 0.15) is 6.61 Å². The van der Waals surface area contributed by atoms with Gasteiger partial charge in [-0.25, -0.2) is 0 Å². The lowest BCUT2D eigenvalue weighted by Crippen LogP contribution is -2.29.